The Kier molecular flexibility index (Phi) is 8.61. The van der Waals surface area contributed by atoms with E-state index in [4.69, 9.17) is 14.6 Å². The monoisotopic (exact) mass is 464 g/mol. The van der Waals surface area contributed by atoms with Crippen LogP contribution in [-0.4, -0.2) is 60.0 Å². The first kappa shape index (κ1) is 24.3. The highest BCUT2D eigenvalue weighted by Crippen LogP contribution is 2.34. The van der Waals surface area contributed by atoms with Crippen molar-refractivity contribution in [1.29, 1.82) is 0 Å². The Morgan fingerprint density at radius 2 is 1.79 bits per heavy atom. The van der Waals surface area contributed by atoms with Gasteiger partial charge in [-0.15, -0.1) is 0 Å². The van der Waals surface area contributed by atoms with Crippen LogP contribution in [0.5, 0.6) is 5.75 Å². The molecular formula is C28H36N2O4. The van der Waals surface area contributed by atoms with Gasteiger partial charge in [-0.2, -0.15) is 0 Å². The summed E-state index contributed by atoms with van der Waals surface area (Å²) in [5.74, 6) is 0.591. The van der Waals surface area contributed by atoms with Crippen molar-refractivity contribution in [2.45, 2.75) is 45.1 Å². The maximum Gasteiger partial charge on any atom is 0.307 e. The van der Waals surface area contributed by atoms with Crippen molar-refractivity contribution in [3.05, 3.63) is 65.9 Å². The number of aromatic nitrogens is 1. The van der Waals surface area contributed by atoms with Crippen LogP contribution in [0.4, 0.5) is 0 Å². The molecule has 0 amide bonds. The number of nitrogens with zero attached hydrogens (tertiary/aromatic N) is 2. The van der Waals surface area contributed by atoms with Gasteiger partial charge < -0.3 is 24.0 Å². The molecule has 34 heavy (non-hydrogen) atoms. The van der Waals surface area contributed by atoms with E-state index in [0.29, 0.717) is 12.5 Å². The van der Waals surface area contributed by atoms with Gasteiger partial charge in [0.25, 0.3) is 0 Å². The average molecular weight is 465 g/mol. The zero-order chi connectivity index (χ0) is 23.8. The van der Waals surface area contributed by atoms with E-state index in [1.165, 1.54) is 29.3 Å². The second-order valence-corrected chi connectivity index (χ2v) is 9.02. The van der Waals surface area contributed by atoms with Crippen molar-refractivity contribution < 1.29 is 19.4 Å². The lowest BCUT2D eigenvalue weighted by atomic mass is 9.89. The number of fused-ring (bicyclic) bond motifs is 1. The molecule has 0 bridgehead atoms. The number of para-hydroxylation sites is 1. The summed E-state index contributed by atoms with van der Waals surface area (Å²) in [5.41, 5.74) is 3.59. The number of benzene rings is 2. The molecule has 0 spiro atoms. The molecule has 182 valence electrons. The average Bonchev–Trinajstić information content (AvgIpc) is 3.22. The molecule has 1 fully saturated rings. The van der Waals surface area contributed by atoms with Gasteiger partial charge in [-0.25, -0.2) is 0 Å². The molecule has 3 aromatic rings. The molecule has 6 nitrogen and oxygen atoms in total. The van der Waals surface area contributed by atoms with Gasteiger partial charge in [0.1, 0.15) is 5.75 Å². The van der Waals surface area contributed by atoms with Crippen molar-refractivity contribution in [3.63, 3.8) is 0 Å². The molecule has 1 aliphatic heterocycles. The molecule has 0 aliphatic carbocycles. The largest absolute Gasteiger partial charge is 0.494 e. The summed E-state index contributed by atoms with van der Waals surface area (Å²) in [7, 11) is 0. The first-order chi connectivity index (χ1) is 16.6. The summed E-state index contributed by atoms with van der Waals surface area (Å²) in [5, 5.41) is 10.2. The van der Waals surface area contributed by atoms with Gasteiger partial charge in [-0.05, 0) is 74.5 Å². The van der Waals surface area contributed by atoms with Crippen LogP contribution >= 0.6 is 0 Å². The molecule has 0 unspecified atom stereocenters. The van der Waals surface area contributed by atoms with Crippen LogP contribution in [0.3, 0.4) is 0 Å². The van der Waals surface area contributed by atoms with Crippen LogP contribution < -0.4 is 4.74 Å². The fourth-order valence-corrected chi connectivity index (χ4v) is 4.92. The van der Waals surface area contributed by atoms with E-state index in [-0.39, 0.29) is 6.42 Å². The Hall–Kier alpha value is -2.83. The molecule has 2 aromatic carbocycles. The van der Waals surface area contributed by atoms with E-state index < -0.39 is 5.97 Å². The van der Waals surface area contributed by atoms with E-state index in [2.05, 4.69) is 39.9 Å². The van der Waals surface area contributed by atoms with Crippen molar-refractivity contribution in [1.82, 2.24) is 9.47 Å². The van der Waals surface area contributed by atoms with Crippen molar-refractivity contribution in [2.75, 3.05) is 39.5 Å². The molecule has 1 aromatic heterocycles. The molecule has 1 N–H and O–H groups in total. The van der Waals surface area contributed by atoms with Crippen LogP contribution in [0.25, 0.3) is 10.9 Å². The topological polar surface area (TPSA) is 63.9 Å². The van der Waals surface area contributed by atoms with E-state index >= 15 is 0 Å². The van der Waals surface area contributed by atoms with Crippen molar-refractivity contribution in [3.8, 4) is 5.75 Å². The van der Waals surface area contributed by atoms with Gasteiger partial charge in [-0.1, -0.05) is 30.3 Å². The third-order valence-electron chi connectivity index (χ3n) is 6.69. The highest BCUT2D eigenvalue weighted by atomic mass is 16.5. The Morgan fingerprint density at radius 1 is 1.03 bits per heavy atom. The summed E-state index contributed by atoms with van der Waals surface area (Å²) in [6.07, 6.45) is 5.76. The SMILES string of the molecule is CCOCCn1cc(C2CCN(CCCOc3ccc(CC(=O)O)cc3)CC2)c2ccccc21. The van der Waals surface area contributed by atoms with Crippen LogP contribution in [0.1, 0.15) is 43.2 Å². The number of carbonyl (C=O) groups is 1. The lowest BCUT2D eigenvalue weighted by molar-refractivity contribution is -0.136. The first-order valence-electron chi connectivity index (χ1n) is 12.5. The van der Waals surface area contributed by atoms with E-state index in [1.807, 2.05) is 31.2 Å². The number of rotatable bonds is 12. The molecule has 4 rings (SSSR count). The molecular weight excluding hydrogens is 428 g/mol. The van der Waals surface area contributed by atoms with Gasteiger partial charge in [0.2, 0.25) is 0 Å². The lowest BCUT2D eigenvalue weighted by Crippen LogP contribution is -2.34. The van der Waals surface area contributed by atoms with Crippen LogP contribution in [0.2, 0.25) is 0 Å². The second-order valence-electron chi connectivity index (χ2n) is 9.02. The highest BCUT2D eigenvalue weighted by Gasteiger charge is 2.23. The van der Waals surface area contributed by atoms with Crippen molar-refractivity contribution in [2.24, 2.45) is 0 Å². The van der Waals surface area contributed by atoms with Gasteiger partial charge >= 0.3 is 5.97 Å². The summed E-state index contributed by atoms with van der Waals surface area (Å²) < 4.78 is 13.8. The van der Waals surface area contributed by atoms with Gasteiger partial charge in [0.15, 0.2) is 0 Å². The van der Waals surface area contributed by atoms with Crippen LogP contribution in [-0.2, 0) is 22.5 Å². The minimum absolute atomic E-state index is 0.0457. The van der Waals surface area contributed by atoms with Crippen LogP contribution in [0.15, 0.2) is 54.7 Å². The number of ether oxygens (including phenoxy) is 2. The molecule has 2 heterocycles. The Labute approximate surface area is 202 Å². The summed E-state index contributed by atoms with van der Waals surface area (Å²) in [6.45, 7) is 8.40. The molecule has 0 saturated carbocycles. The quantitative estimate of drug-likeness (QED) is 0.384. The third kappa shape index (κ3) is 6.39. The highest BCUT2D eigenvalue weighted by molar-refractivity contribution is 5.84. The number of hydrogen-bond donors (Lipinski definition) is 1. The number of piperidine rings is 1. The maximum atomic E-state index is 10.8. The van der Waals surface area contributed by atoms with E-state index in [1.54, 1.807) is 0 Å². The summed E-state index contributed by atoms with van der Waals surface area (Å²) in [4.78, 5) is 13.3. The maximum absolute atomic E-state index is 10.8. The van der Waals surface area contributed by atoms with Gasteiger partial charge in [0.05, 0.1) is 19.6 Å². The molecule has 0 radical (unpaired) electrons. The van der Waals surface area contributed by atoms with E-state index in [9.17, 15) is 4.79 Å². The Morgan fingerprint density at radius 3 is 2.53 bits per heavy atom. The normalized spacial score (nSPS) is 15.1. The third-order valence-corrected chi connectivity index (χ3v) is 6.69. The Balaban J connectivity index is 1.23. The zero-order valence-electron chi connectivity index (χ0n) is 20.1. The van der Waals surface area contributed by atoms with E-state index in [0.717, 1.165) is 57.1 Å². The number of hydrogen-bond acceptors (Lipinski definition) is 4. The zero-order valence-corrected chi connectivity index (χ0v) is 20.1. The number of likely N-dealkylation sites (tertiary alicyclic amines) is 1. The summed E-state index contributed by atoms with van der Waals surface area (Å²) in [6, 6.07) is 16.1. The molecule has 1 aliphatic rings. The number of carboxylic acid groups (broad SMARTS) is 1. The predicted molar refractivity (Wildman–Crippen MR) is 135 cm³/mol. The molecule has 6 heteroatoms. The fourth-order valence-electron chi connectivity index (χ4n) is 4.92. The fraction of sp³-hybridized carbons (Fsp3) is 0.464. The predicted octanol–water partition coefficient (Wildman–Crippen LogP) is 4.95. The summed E-state index contributed by atoms with van der Waals surface area (Å²) >= 11 is 0. The molecule has 1 saturated heterocycles. The minimum Gasteiger partial charge on any atom is -0.494 e. The smallest absolute Gasteiger partial charge is 0.307 e. The second kappa shape index (κ2) is 12.0. The Bertz CT molecular complexity index is 1050. The first-order valence-corrected chi connectivity index (χ1v) is 12.5. The lowest BCUT2D eigenvalue weighted by Gasteiger charge is -2.32. The van der Waals surface area contributed by atoms with Gasteiger partial charge in [0, 0.05) is 36.8 Å². The van der Waals surface area contributed by atoms with Crippen LogP contribution in [0, 0.1) is 0 Å². The molecule has 0 atom stereocenters. The number of carboxylic acids is 1. The van der Waals surface area contributed by atoms with Crippen molar-refractivity contribution >= 4 is 16.9 Å². The standard InChI is InChI=1S/C28H36N2O4/c1-2-33-19-17-30-21-26(25-6-3-4-7-27(25)30)23-12-15-29(16-13-23)14-5-18-34-24-10-8-22(9-11-24)20-28(31)32/h3-4,6-11,21,23H,2,5,12-20H2,1H3,(H,31,32). The minimum atomic E-state index is -0.815. The van der Waals surface area contributed by atoms with Gasteiger partial charge in [-0.3, -0.25) is 4.79 Å². The number of aliphatic carboxylic acids is 1.